The van der Waals surface area contributed by atoms with Crippen molar-refractivity contribution in [3.05, 3.63) is 71.4 Å². The molecule has 1 amide bonds. The van der Waals surface area contributed by atoms with Gasteiger partial charge in [0, 0.05) is 35.1 Å². The van der Waals surface area contributed by atoms with Crippen LogP contribution in [0.3, 0.4) is 0 Å². The molecule has 0 bridgehead atoms. The van der Waals surface area contributed by atoms with Gasteiger partial charge >= 0.3 is 0 Å². The summed E-state index contributed by atoms with van der Waals surface area (Å²) in [6.07, 6.45) is 2.45. The molecule has 5 nitrogen and oxygen atoms in total. The molecule has 1 aliphatic heterocycles. The highest BCUT2D eigenvalue weighted by Gasteiger charge is 2.16. The Morgan fingerprint density at radius 1 is 1.03 bits per heavy atom. The number of hydrogen-bond acceptors (Lipinski definition) is 4. The first-order chi connectivity index (χ1) is 15.0. The number of hydrogen-bond donors (Lipinski definition) is 2. The van der Waals surface area contributed by atoms with Crippen LogP contribution in [0.2, 0.25) is 5.02 Å². The maximum Gasteiger partial charge on any atom is 0.293 e. The topological polar surface area (TPSA) is 57.5 Å². The van der Waals surface area contributed by atoms with Crippen LogP contribution in [0.5, 0.6) is 0 Å². The van der Waals surface area contributed by atoms with E-state index in [1.807, 2.05) is 24.3 Å². The lowest BCUT2D eigenvalue weighted by Crippen LogP contribution is -2.34. The zero-order valence-corrected chi connectivity index (χ0v) is 18.8. The lowest BCUT2D eigenvalue weighted by Gasteiger charge is -2.32. The molecular weight excluding hydrogens is 430 g/mol. The Labute approximate surface area is 192 Å². The predicted molar refractivity (Wildman–Crippen MR) is 130 cm³/mol. The molecule has 160 valence electrons. The average molecular weight is 454 g/mol. The monoisotopic (exact) mass is 453 g/mol. The SMILES string of the molecule is CC1CCN(c2ccc(NC(=S)NC(=O)c3ccc(-c4ccc(Cl)cc4)o3)cc2)CC1. The summed E-state index contributed by atoms with van der Waals surface area (Å²) in [4.78, 5) is 14.9. The normalized spacial score (nSPS) is 14.3. The molecule has 4 rings (SSSR count). The molecule has 0 unspecified atom stereocenters. The molecule has 2 N–H and O–H groups in total. The molecule has 1 aliphatic rings. The van der Waals surface area contributed by atoms with Crippen molar-refractivity contribution in [2.24, 2.45) is 5.92 Å². The van der Waals surface area contributed by atoms with Crippen LogP contribution in [0, 0.1) is 5.92 Å². The van der Waals surface area contributed by atoms with Gasteiger partial charge in [-0.1, -0.05) is 18.5 Å². The first kappa shape index (κ1) is 21.4. The maximum absolute atomic E-state index is 12.5. The van der Waals surface area contributed by atoms with Gasteiger partial charge in [-0.2, -0.15) is 0 Å². The van der Waals surface area contributed by atoms with E-state index in [1.165, 1.54) is 18.5 Å². The fourth-order valence-electron chi connectivity index (χ4n) is 3.58. The number of halogens is 1. The van der Waals surface area contributed by atoms with Gasteiger partial charge < -0.3 is 14.6 Å². The number of rotatable bonds is 4. The minimum absolute atomic E-state index is 0.184. The first-order valence-electron chi connectivity index (χ1n) is 10.3. The third-order valence-electron chi connectivity index (χ3n) is 5.46. The van der Waals surface area contributed by atoms with Gasteiger partial charge in [-0.05, 0) is 91.6 Å². The third-order valence-corrected chi connectivity index (χ3v) is 5.92. The van der Waals surface area contributed by atoms with Gasteiger partial charge in [0.05, 0.1) is 0 Å². The van der Waals surface area contributed by atoms with E-state index in [9.17, 15) is 4.79 Å². The Morgan fingerprint density at radius 2 is 1.71 bits per heavy atom. The van der Waals surface area contributed by atoms with Crippen LogP contribution in [0.1, 0.15) is 30.3 Å². The first-order valence-corrected chi connectivity index (χ1v) is 11.1. The van der Waals surface area contributed by atoms with Gasteiger partial charge in [0.25, 0.3) is 5.91 Å². The van der Waals surface area contributed by atoms with E-state index in [-0.39, 0.29) is 10.9 Å². The number of nitrogens with zero attached hydrogens (tertiary/aromatic N) is 1. The Kier molecular flexibility index (Phi) is 6.59. The number of piperidine rings is 1. The molecule has 0 saturated carbocycles. The number of thiocarbonyl (C=S) groups is 1. The van der Waals surface area contributed by atoms with Crippen LogP contribution < -0.4 is 15.5 Å². The lowest BCUT2D eigenvalue weighted by atomic mass is 9.99. The number of anilines is 2. The maximum atomic E-state index is 12.5. The van der Waals surface area contributed by atoms with Gasteiger partial charge in [-0.25, -0.2) is 0 Å². The zero-order valence-electron chi connectivity index (χ0n) is 17.2. The van der Waals surface area contributed by atoms with Crippen LogP contribution in [-0.2, 0) is 0 Å². The van der Waals surface area contributed by atoms with Crippen LogP contribution >= 0.6 is 23.8 Å². The summed E-state index contributed by atoms with van der Waals surface area (Å²) >= 11 is 11.2. The van der Waals surface area contributed by atoms with E-state index in [4.69, 9.17) is 28.2 Å². The Balaban J connectivity index is 1.32. The fraction of sp³-hybridized carbons (Fsp3) is 0.250. The van der Waals surface area contributed by atoms with Gasteiger partial charge in [0.2, 0.25) is 0 Å². The van der Waals surface area contributed by atoms with E-state index in [0.29, 0.717) is 10.8 Å². The highest BCUT2D eigenvalue weighted by molar-refractivity contribution is 7.80. The molecule has 2 heterocycles. The molecule has 2 aromatic carbocycles. The highest BCUT2D eigenvalue weighted by Crippen LogP contribution is 2.25. The molecule has 7 heteroatoms. The van der Waals surface area contributed by atoms with Crippen molar-refractivity contribution in [3.63, 3.8) is 0 Å². The van der Waals surface area contributed by atoms with Crippen molar-refractivity contribution in [1.29, 1.82) is 0 Å². The van der Waals surface area contributed by atoms with Crippen LogP contribution in [0.4, 0.5) is 11.4 Å². The van der Waals surface area contributed by atoms with E-state index < -0.39 is 5.91 Å². The largest absolute Gasteiger partial charge is 0.451 e. The summed E-state index contributed by atoms with van der Waals surface area (Å²) in [5.74, 6) is 1.17. The van der Waals surface area contributed by atoms with E-state index in [1.54, 1.807) is 24.3 Å². The molecule has 0 spiro atoms. The molecule has 0 radical (unpaired) electrons. The minimum Gasteiger partial charge on any atom is -0.451 e. The minimum atomic E-state index is -0.406. The number of amides is 1. The second-order valence-electron chi connectivity index (χ2n) is 7.80. The highest BCUT2D eigenvalue weighted by atomic mass is 35.5. The van der Waals surface area contributed by atoms with Gasteiger partial charge in [0.15, 0.2) is 10.9 Å². The quantitative estimate of drug-likeness (QED) is 0.477. The fourth-order valence-corrected chi connectivity index (χ4v) is 3.92. The Bertz CT molecular complexity index is 1060. The zero-order chi connectivity index (χ0) is 21.8. The van der Waals surface area contributed by atoms with E-state index in [2.05, 4.69) is 34.6 Å². The number of furan rings is 1. The number of carbonyl (C=O) groups excluding carboxylic acids is 1. The van der Waals surface area contributed by atoms with Crippen molar-refractivity contribution in [2.45, 2.75) is 19.8 Å². The summed E-state index contributed by atoms with van der Waals surface area (Å²) in [5, 5.41) is 6.57. The van der Waals surface area contributed by atoms with Crippen molar-refractivity contribution in [1.82, 2.24) is 5.32 Å². The van der Waals surface area contributed by atoms with Crippen molar-refractivity contribution < 1.29 is 9.21 Å². The molecule has 0 aliphatic carbocycles. The molecule has 0 atom stereocenters. The third kappa shape index (κ3) is 5.46. The van der Waals surface area contributed by atoms with Gasteiger partial charge in [0.1, 0.15) is 5.76 Å². The second kappa shape index (κ2) is 9.54. The summed E-state index contributed by atoms with van der Waals surface area (Å²) in [6, 6.07) is 18.7. The Hall–Kier alpha value is -2.83. The predicted octanol–water partition coefficient (Wildman–Crippen LogP) is 5.96. The molecule has 1 fully saturated rings. The molecular formula is C24H24ClN3O2S. The summed E-state index contributed by atoms with van der Waals surface area (Å²) in [6.45, 7) is 4.48. The lowest BCUT2D eigenvalue weighted by molar-refractivity contribution is 0.0951. The van der Waals surface area contributed by atoms with Crippen LogP contribution in [0.15, 0.2) is 65.1 Å². The van der Waals surface area contributed by atoms with E-state index in [0.717, 1.165) is 30.3 Å². The molecule has 3 aromatic rings. The number of carbonyl (C=O) groups is 1. The summed E-state index contributed by atoms with van der Waals surface area (Å²) < 4.78 is 5.66. The van der Waals surface area contributed by atoms with Crippen molar-refractivity contribution >= 4 is 46.2 Å². The van der Waals surface area contributed by atoms with Crippen molar-refractivity contribution in [2.75, 3.05) is 23.3 Å². The second-order valence-corrected chi connectivity index (χ2v) is 8.64. The molecule has 1 aromatic heterocycles. The van der Waals surface area contributed by atoms with Crippen LogP contribution in [-0.4, -0.2) is 24.1 Å². The number of nitrogens with one attached hydrogen (secondary N) is 2. The van der Waals surface area contributed by atoms with Crippen molar-refractivity contribution in [3.8, 4) is 11.3 Å². The molecule has 31 heavy (non-hydrogen) atoms. The molecule has 1 saturated heterocycles. The van der Waals surface area contributed by atoms with Gasteiger partial charge in [-0.15, -0.1) is 0 Å². The van der Waals surface area contributed by atoms with E-state index >= 15 is 0 Å². The summed E-state index contributed by atoms with van der Waals surface area (Å²) in [5.41, 5.74) is 2.87. The standard InChI is InChI=1S/C24H24ClN3O2S/c1-16-12-14-28(15-13-16)20-8-6-19(7-9-20)26-24(31)27-23(29)22-11-10-21(30-22)17-2-4-18(25)5-3-17/h2-11,16H,12-15H2,1H3,(H2,26,27,29,31). The Morgan fingerprint density at radius 3 is 2.39 bits per heavy atom. The van der Waals surface area contributed by atoms with Gasteiger partial charge in [-0.3, -0.25) is 10.1 Å². The summed E-state index contributed by atoms with van der Waals surface area (Å²) in [7, 11) is 0. The number of benzene rings is 2. The smallest absolute Gasteiger partial charge is 0.293 e. The van der Waals surface area contributed by atoms with Crippen LogP contribution in [0.25, 0.3) is 11.3 Å². The average Bonchev–Trinajstić information content (AvgIpc) is 3.26.